The van der Waals surface area contributed by atoms with Gasteiger partial charge in [-0.3, -0.25) is 0 Å². The Balaban J connectivity index is 2.10. The lowest BCUT2D eigenvalue weighted by Crippen LogP contribution is -2.14. The number of hydrogen-bond donors (Lipinski definition) is 0. The van der Waals surface area contributed by atoms with Gasteiger partial charge in [-0.1, -0.05) is 54.6 Å². The average molecular weight is 290 g/mol. The van der Waals surface area contributed by atoms with Gasteiger partial charge in [0.15, 0.2) is 4.88 Å². The predicted octanol–water partition coefficient (Wildman–Crippen LogP) is 3.94. The van der Waals surface area contributed by atoms with Gasteiger partial charge in [-0.15, -0.1) is 5.10 Å². The molecule has 0 spiro atoms. The molecular weight excluding hydrogens is 272 g/mol. The fourth-order valence-electron chi connectivity index (χ4n) is 1.90. The second-order valence-corrected chi connectivity index (χ2v) is 5.43. The minimum atomic E-state index is -0.331. The lowest BCUT2D eigenvalue weighted by molar-refractivity contribution is 0.0327. The molecule has 0 amide bonds. The standard InChI is InChI=1S/C15H18N2O2S/c1-3-4-8-11(2)19-15(18)14-13(16-17-20-14)12-9-6-5-7-10-12/h5-7,9-11H,3-4,8H2,1-2H3. The lowest BCUT2D eigenvalue weighted by Gasteiger charge is -2.12. The molecule has 1 heterocycles. The summed E-state index contributed by atoms with van der Waals surface area (Å²) in [5, 5.41) is 4.04. The van der Waals surface area contributed by atoms with Gasteiger partial charge >= 0.3 is 5.97 Å². The van der Waals surface area contributed by atoms with Gasteiger partial charge in [-0.25, -0.2) is 4.79 Å². The SMILES string of the molecule is CCCCC(C)OC(=O)c1snnc1-c1ccccc1. The maximum atomic E-state index is 12.2. The number of hydrogen-bond acceptors (Lipinski definition) is 5. The second-order valence-electron chi connectivity index (χ2n) is 4.67. The van der Waals surface area contributed by atoms with Crippen molar-refractivity contribution in [3.63, 3.8) is 0 Å². The van der Waals surface area contributed by atoms with E-state index in [0.717, 1.165) is 36.4 Å². The summed E-state index contributed by atoms with van der Waals surface area (Å²) >= 11 is 1.08. The van der Waals surface area contributed by atoms with Gasteiger partial charge in [0, 0.05) is 5.56 Å². The third-order valence-corrected chi connectivity index (χ3v) is 3.70. The van der Waals surface area contributed by atoms with E-state index in [1.807, 2.05) is 37.3 Å². The minimum absolute atomic E-state index is 0.0758. The molecular formula is C15H18N2O2S. The first-order valence-corrected chi connectivity index (χ1v) is 7.58. The van der Waals surface area contributed by atoms with Crippen LogP contribution in [0.4, 0.5) is 0 Å². The van der Waals surface area contributed by atoms with E-state index in [0.29, 0.717) is 10.6 Å². The van der Waals surface area contributed by atoms with Gasteiger partial charge in [0.05, 0.1) is 6.10 Å². The van der Waals surface area contributed by atoms with Gasteiger partial charge in [0.25, 0.3) is 0 Å². The van der Waals surface area contributed by atoms with E-state index in [1.54, 1.807) is 0 Å². The number of nitrogens with zero attached hydrogens (tertiary/aromatic N) is 2. The molecule has 0 aliphatic carbocycles. The summed E-state index contributed by atoms with van der Waals surface area (Å²) in [7, 11) is 0. The predicted molar refractivity (Wildman–Crippen MR) is 79.7 cm³/mol. The van der Waals surface area contributed by atoms with E-state index >= 15 is 0 Å². The Morgan fingerprint density at radius 3 is 2.80 bits per heavy atom. The summed E-state index contributed by atoms with van der Waals surface area (Å²) in [6.45, 7) is 4.04. The molecule has 0 bridgehead atoms. The van der Waals surface area contributed by atoms with Crippen molar-refractivity contribution in [1.29, 1.82) is 0 Å². The van der Waals surface area contributed by atoms with Crippen molar-refractivity contribution in [2.45, 2.75) is 39.2 Å². The van der Waals surface area contributed by atoms with E-state index in [2.05, 4.69) is 16.5 Å². The molecule has 106 valence electrons. The molecule has 5 heteroatoms. The molecule has 0 aliphatic rings. The van der Waals surface area contributed by atoms with Gasteiger partial charge in [0.2, 0.25) is 0 Å². The van der Waals surface area contributed by atoms with Crippen LogP contribution in [0.1, 0.15) is 42.8 Å². The molecule has 0 N–H and O–H groups in total. The number of aromatic nitrogens is 2. The molecule has 2 rings (SSSR count). The highest BCUT2D eigenvalue weighted by Crippen LogP contribution is 2.24. The smallest absolute Gasteiger partial charge is 0.352 e. The van der Waals surface area contributed by atoms with Crippen molar-refractivity contribution in [3.05, 3.63) is 35.2 Å². The van der Waals surface area contributed by atoms with Crippen LogP contribution in [0.25, 0.3) is 11.3 Å². The fraction of sp³-hybridized carbons (Fsp3) is 0.400. The van der Waals surface area contributed by atoms with Crippen LogP contribution in [-0.4, -0.2) is 21.7 Å². The van der Waals surface area contributed by atoms with Crippen LogP contribution in [0, 0.1) is 0 Å². The van der Waals surface area contributed by atoms with Crippen LogP contribution in [-0.2, 0) is 4.74 Å². The third kappa shape index (κ3) is 3.63. The number of carbonyl (C=O) groups excluding carboxylic acids is 1. The summed E-state index contributed by atoms with van der Waals surface area (Å²) in [4.78, 5) is 12.7. The first-order valence-electron chi connectivity index (χ1n) is 6.81. The number of benzene rings is 1. The highest BCUT2D eigenvalue weighted by atomic mass is 32.1. The highest BCUT2D eigenvalue weighted by molar-refractivity contribution is 7.08. The minimum Gasteiger partial charge on any atom is -0.458 e. The van der Waals surface area contributed by atoms with Gasteiger partial charge in [0.1, 0.15) is 5.69 Å². The van der Waals surface area contributed by atoms with Crippen molar-refractivity contribution >= 4 is 17.5 Å². The zero-order valence-electron chi connectivity index (χ0n) is 11.7. The zero-order chi connectivity index (χ0) is 14.4. The molecule has 1 atom stereocenters. The largest absolute Gasteiger partial charge is 0.458 e. The van der Waals surface area contributed by atoms with E-state index in [4.69, 9.17) is 4.74 Å². The maximum Gasteiger partial charge on any atom is 0.352 e. The number of carbonyl (C=O) groups is 1. The Morgan fingerprint density at radius 2 is 2.10 bits per heavy atom. The van der Waals surface area contributed by atoms with Crippen molar-refractivity contribution in [2.24, 2.45) is 0 Å². The molecule has 0 aliphatic heterocycles. The zero-order valence-corrected chi connectivity index (χ0v) is 12.5. The Morgan fingerprint density at radius 1 is 1.35 bits per heavy atom. The van der Waals surface area contributed by atoms with Gasteiger partial charge < -0.3 is 4.74 Å². The topological polar surface area (TPSA) is 52.1 Å². The van der Waals surface area contributed by atoms with Gasteiger partial charge in [-0.05, 0) is 24.9 Å². The van der Waals surface area contributed by atoms with E-state index < -0.39 is 0 Å². The molecule has 0 radical (unpaired) electrons. The molecule has 1 unspecified atom stereocenters. The van der Waals surface area contributed by atoms with Crippen LogP contribution in [0.15, 0.2) is 30.3 Å². The number of rotatable bonds is 6. The summed E-state index contributed by atoms with van der Waals surface area (Å²) in [6.07, 6.45) is 2.96. The normalized spacial score (nSPS) is 12.1. The highest BCUT2D eigenvalue weighted by Gasteiger charge is 2.20. The van der Waals surface area contributed by atoms with Crippen LogP contribution < -0.4 is 0 Å². The molecule has 20 heavy (non-hydrogen) atoms. The average Bonchev–Trinajstić information content (AvgIpc) is 2.95. The molecule has 0 saturated heterocycles. The van der Waals surface area contributed by atoms with Crippen molar-refractivity contribution in [3.8, 4) is 11.3 Å². The summed E-state index contributed by atoms with van der Waals surface area (Å²) < 4.78 is 9.33. The van der Waals surface area contributed by atoms with Crippen LogP contribution in [0.5, 0.6) is 0 Å². The molecule has 2 aromatic rings. The number of esters is 1. The van der Waals surface area contributed by atoms with Crippen LogP contribution in [0.3, 0.4) is 0 Å². The van der Waals surface area contributed by atoms with Gasteiger partial charge in [-0.2, -0.15) is 0 Å². The third-order valence-electron chi connectivity index (χ3n) is 2.99. The second kappa shape index (κ2) is 7.14. The van der Waals surface area contributed by atoms with Crippen LogP contribution >= 0.6 is 11.5 Å². The first kappa shape index (κ1) is 14.7. The quantitative estimate of drug-likeness (QED) is 0.756. The van der Waals surface area contributed by atoms with Crippen LogP contribution in [0.2, 0.25) is 0 Å². The van der Waals surface area contributed by atoms with Crippen molar-refractivity contribution in [1.82, 2.24) is 9.59 Å². The lowest BCUT2D eigenvalue weighted by atomic mass is 10.1. The Hall–Kier alpha value is -1.75. The molecule has 1 aromatic heterocycles. The number of unbranched alkanes of at least 4 members (excludes halogenated alkanes) is 1. The summed E-state index contributed by atoms with van der Waals surface area (Å²) in [6, 6.07) is 9.57. The Labute approximate surface area is 123 Å². The molecule has 0 saturated carbocycles. The van der Waals surface area contributed by atoms with E-state index in [9.17, 15) is 4.79 Å². The van der Waals surface area contributed by atoms with Crippen molar-refractivity contribution < 1.29 is 9.53 Å². The molecule has 1 aromatic carbocycles. The maximum absolute atomic E-state index is 12.2. The van der Waals surface area contributed by atoms with E-state index in [1.165, 1.54) is 0 Å². The fourth-order valence-corrected chi connectivity index (χ4v) is 2.47. The summed E-state index contributed by atoms with van der Waals surface area (Å²) in [5.74, 6) is -0.331. The number of ether oxygens (including phenoxy) is 1. The van der Waals surface area contributed by atoms with Crippen molar-refractivity contribution in [2.75, 3.05) is 0 Å². The Kier molecular flexibility index (Phi) is 5.24. The monoisotopic (exact) mass is 290 g/mol. The summed E-state index contributed by atoms with van der Waals surface area (Å²) in [5.41, 5.74) is 1.48. The molecule has 0 fully saturated rings. The Bertz CT molecular complexity index is 554. The van der Waals surface area contributed by atoms with E-state index in [-0.39, 0.29) is 12.1 Å². The molecule has 4 nitrogen and oxygen atoms in total. The first-order chi connectivity index (χ1) is 9.72.